The average molecular weight is 232 g/mol. The molecule has 17 heavy (non-hydrogen) atoms. The van der Waals surface area contributed by atoms with Crippen molar-refractivity contribution in [2.75, 3.05) is 19.6 Å². The molecule has 0 bridgehead atoms. The van der Waals surface area contributed by atoms with E-state index in [2.05, 4.69) is 28.8 Å². The van der Waals surface area contributed by atoms with E-state index < -0.39 is 0 Å². The largest absolute Gasteiger partial charge is 0.489 e. The van der Waals surface area contributed by atoms with Crippen LogP contribution in [0.3, 0.4) is 0 Å². The van der Waals surface area contributed by atoms with Crippen LogP contribution in [0.15, 0.2) is 18.2 Å². The Hall–Kier alpha value is -1.06. The molecule has 1 aromatic rings. The Morgan fingerprint density at radius 1 is 1.18 bits per heavy atom. The molecule has 1 fully saturated rings. The first-order valence-electron chi connectivity index (χ1n) is 6.62. The van der Waals surface area contributed by atoms with Crippen molar-refractivity contribution < 1.29 is 4.74 Å². The van der Waals surface area contributed by atoms with Gasteiger partial charge in [0.15, 0.2) is 0 Å². The Balaban J connectivity index is 1.77. The van der Waals surface area contributed by atoms with Gasteiger partial charge in [0.25, 0.3) is 0 Å². The zero-order chi connectivity index (χ0) is 11.5. The van der Waals surface area contributed by atoms with Crippen molar-refractivity contribution in [2.24, 2.45) is 0 Å². The molecule has 0 aliphatic carbocycles. The Morgan fingerprint density at radius 3 is 3.06 bits per heavy atom. The third-order valence-electron chi connectivity index (χ3n) is 3.64. The van der Waals surface area contributed by atoms with Crippen molar-refractivity contribution in [2.45, 2.75) is 31.9 Å². The maximum atomic E-state index is 6.16. The molecule has 1 atom stereocenters. The molecule has 2 N–H and O–H groups in total. The molecule has 0 aromatic heterocycles. The molecule has 3 heteroatoms. The molecule has 1 aromatic carbocycles. The Kier molecular flexibility index (Phi) is 3.29. The molecule has 3 rings (SSSR count). The molecule has 92 valence electrons. The highest BCUT2D eigenvalue weighted by Gasteiger charge is 2.18. The normalized spacial score (nSPS) is 24.1. The van der Waals surface area contributed by atoms with Gasteiger partial charge >= 0.3 is 0 Å². The molecule has 2 aliphatic heterocycles. The Bertz CT molecular complexity index is 386. The first kappa shape index (κ1) is 11.1. The van der Waals surface area contributed by atoms with Gasteiger partial charge in [0.2, 0.25) is 0 Å². The van der Waals surface area contributed by atoms with Gasteiger partial charge in [0.05, 0.1) is 0 Å². The summed E-state index contributed by atoms with van der Waals surface area (Å²) in [5.74, 6) is 1.11. The van der Waals surface area contributed by atoms with E-state index in [1.165, 1.54) is 24.0 Å². The summed E-state index contributed by atoms with van der Waals surface area (Å²) in [6, 6.07) is 6.43. The quantitative estimate of drug-likeness (QED) is 0.810. The van der Waals surface area contributed by atoms with Crippen molar-refractivity contribution in [3.8, 4) is 5.75 Å². The van der Waals surface area contributed by atoms with E-state index in [9.17, 15) is 0 Å². The highest BCUT2D eigenvalue weighted by Crippen LogP contribution is 2.26. The van der Waals surface area contributed by atoms with Crippen LogP contribution in [0.5, 0.6) is 5.75 Å². The maximum Gasteiger partial charge on any atom is 0.123 e. The van der Waals surface area contributed by atoms with Gasteiger partial charge in [0.1, 0.15) is 11.9 Å². The van der Waals surface area contributed by atoms with Crippen molar-refractivity contribution in [3.63, 3.8) is 0 Å². The first-order valence-corrected chi connectivity index (χ1v) is 6.62. The molecular formula is C14H20N2O. The van der Waals surface area contributed by atoms with Gasteiger partial charge in [0, 0.05) is 13.1 Å². The standard InChI is InChI=1S/C14H20N2O/c1-3-11-9-16-8-6-13(11)14(5-1)17-12-4-2-7-15-10-12/h1,3,5,12,15-16H,2,4,6-10H2. The number of rotatable bonds is 2. The molecule has 0 radical (unpaired) electrons. The summed E-state index contributed by atoms with van der Waals surface area (Å²) in [4.78, 5) is 0. The summed E-state index contributed by atoms with van der Waals surface area (Å²) in [6.07, 6.45) is 3.84. The molecule has 3 nitrogen and oxygen atoms in total. The number of fused-ring (bicyclic) bond motifs is 1. The van der Waals surface area contributed by atoms with E-state index in [0.717, 1.165) is 38.3 Å². The third-order valence-corrected chi connectivity index (χ3v) is 3.64. The van der Waals surface area contributed by atoms with Crippen LogP contribution in [-0.2, 0) is 13.0 Å². The number of piperidine rings is 1. The molecular weight excluding hydrogens is 212 g/mol. The van der Waals surface area contributed by atoms with Crippen LogP contribution < -0.4 is 15.4 Å². The van der Waals surface area contributed by atoms with Crippen LogP contribution in [0.1, 0.15) is 24.0 Å². The smallest absolute Gasteiger partial charge is 0.123 e. The minimum absolute atomic E-state index is 0.352. The summed E-state index contributed by atoms with van der Waals surface area (Å²) >= 11 is 0. The fourth-order valence-electron chi connectivity index (χ4n) is 2.71. The zero-order valence-electron chi connectivity index (χ0n) is 10.2. The van der Waals surface area contributed by atoms with E-state index in [0.29, 0.717) is 6.10 Å². The molecule has 2 heterocycles. The average Bonchev–Trinajstić information content (AvgIpc) is 2.40. The number of hydrogen-bond donors (Lipinski definition) is 2. The molecule has 0 saturated carbocycles. The number of nitrogens with one attached hydrogen (secondary N) is 2. The third kappa shape index (κ3) is 2.45. The molecule has 0 spiro atoms. The van der Waals surface area contributed by atoms with Gasteiger partial charge < -0.3 is 15.4 Å². The lowest BCUT2D eigenvalue weighted by molar-refractivity contribution is 0.165. The van der Waals surface area contributed by atoms with Gasteiger partial charge in [-0.3, -0.25) is 0 Å². The predicted molar refractivity (Wildman–Crippen MR) is 68.4 cm³/mol. The number of benzene rings is 1. The zero-order valence-corrected chi connectivity index (χ0v) is 10.2. The number of ether oxygens (including phenoxy) is 1. The van der Waals surface area contributed by atoms with Crippen LogP contribution in [0.25, 0.3) is 0 Å². The van der Waals surface area contributed by atoms with Gasteiger partial charge in [-0.15, -0.1) is 0 Å². The van der Waals surface area contributed by atoms with Crippen molar-refractivity contribution in [3.05, 3.63) is 29.3 Å². The summed E-state index contributed by atoms with van der Waals surface area (Å²) in [5.41, 5.74) is 2.81. The minimum atomic E-state index is 0.352. The van der Waals surface area contributed by atoms with Crippen LogP contribution in [0, 0.1) is 0 Å². The lowest BCUT2D eigenvalue weighted by Crippen LogP contribution is -2.37. The Labute approximate surface area is 103 Å². The monoisotopic (exact) mass is 232 g/mol. The second-order valence-corrected chi connectivity index (χ2v) is 4.91. The molecule has 1 saturated heterocycles. The number of hydrogen-bond acceptors (Lipinski definition) is 3. The summed E-state index contributed by atoms with van der Waals surface area (Å²) in [5, 5.41) is 6.80. The van der Waals surface area contributed by atoms with Gasteiger partial charge in [-0.05, 0) is 49.5 Å². The van der Waals surface area contributed by atoms with Crippen LogP contribution in [0.2, 0.25) is 0 Å². The molecule has 2 aliphatic rings. The summed E-state index contributed by atoms with van der Waals surface area (Å²) in [7, 11) is 0. The minimum Gasteiger partial charge on any atom is -0.489 e. The van der Waals surface area contributed by atoms with Crippen LogP contribution in [-0.4, -0.2) is 25.7 Å². The lowest BCUT2D eigenvalue weighted by atomic mass is 10.00. The Morgan fingerprint density at radius 2 is 2.18 bits per heavy atom. The van der Waals surface area contributed by atoms with Gasteiger partial charge in [-0.25, -0.2) is 0 Å². The maximum absolute atomic E-state index is 6.16. The molecule has 0 amide bonds. The van der Waals surface area contributed by atoms with Crippen molar-refractivity contribution in [1.82, 2.24) is 10.6 Å². The van der Waals surface area contributed by atoms with Crippen molar-refractivity contribution in [1.29, 1.82) is 0 Å². The highest BCUT2D eigenvalue weighted by molar-refractivity contribution is 5.41. The van der Waals surface area contributed by atoms with Gasteiger partial charge in [-0.1, -0.05) is 12.1 Å². The SMILES string of the molecule is c1cc2c(c(OC3CCCNC3)c1)CCNC2. The highest BCUT2D eigenvalue weighted by atomic mass is 16.5. The van der Waals surface area contributed by atoms with Crippen molar-refractivity contribution >= 4 is 0 Å². The van der Waals surface area contributed by atoms with Crippen LogP contribution >= 0.6 is 0 Å². The second kappa shape index (κ2) is 5.07. The predicted octanol–water partition coefficient (Wildman–Crippen LogP) is 1.46. The topological polar surface area (TPSA) is 33.3 Å². The fourth-order valence-corrected chi connectivity index (χ4v) is 2.71. The summed E-state index contributed by atoms with van der Waals surface area (Å²) in [6.45, 7) is 4.17. The van der Waals surface area contributed by atoms with Crippen LogP contribution in [0.4, 0.5) is 0 Å². The molecule has 1 unspecified atom stereocenters. The van der Waals surface area contributed by atoms with E-state index in [1.807, 2.05) is 0 Å². The summed E-state index contributed by atoms with van der Waals surface area (Å²) < 4.78 is 6.16. The fraction of sp³-hybridized carbons (Fsp3) is 0.571. The second-order valence-electron chi connectivity index (χ2n) is 4.91. The van der Waals surface area contributed by atoms with E-state index in [1.54, 1.807) is 0 Å². The van der Waals surface area contributed by atoms with E-state index >= 15 is 0 Å². The lowest BCUT2D eigenvalue weighted by Gasteiger charge is -2.27. The van der Waals surface area contributed by atoms with E-state index in [-0.39, 0.29) is 0 Å². The van der Waals surface area contributed by atoms with E-state index in [4.69, 9.17) is 4.74 Å². The first-order chi connectivity index (χ1) is 8.43. The van der Waals surface area contributed by atoms with Gasteiger partial charge in [-0.2, -0.15) is 0 Å².